The summed E-state index contributed by atoms with van der Waals surface area (Å²) in [5, 5.41) is 17.8. The second kappa shape index (κ2) is 2.49. The highest BCUT2D eigenvalue weighted by Gasteiger charge is 2.09. The molecule has 58 valence electrons. The summed E-state index contributed by atoms with van der Waals surface area (Å²) in [5.41, 5.74) is -0.543. The molecule has 4 N–H and O–H groups in total. The number of carboxylic acids is 1. The number of benzene rings is 1. The van der Waals surface area contributed by atoms with Gasteiger partial charge >= 0.3 is 5.97 Å². The van der Waals surface area contributed by atoms with Gasteiger partial charge in [0.05, 0.1) is 11.3 Å². The van der Waals surface area contributed by atoms with Crippen molar-refractivity contribution in [3.8, 4) is 5.75 Å². The summed E-state index contributed by atoms with van der Waals surface area (Å²) in [6, 6.07) is 3.77. The lowest BCUT2D eigenvalue weighted by molar-refractivity contribution is 0.0697. The standard InChI is InChI=1S/C7H7NO3/c8-6-4(7(10)11)2-1-3-5(6)9/h1-3,9H,8H2,(H,10,11)/i/hD2. The van der Waals surface area contributed by atoms with E-state index in [1.165, 1.54) is 18.2 Å². The van der Waals surface area contributed by atoms with Crippen molar-refractivity contribution < 1.29 is 17.8 Å². The van der Waals surface area contributed by atoms with Gasteiger partial charge in [-0.3, -0.25) is 0 Å². The molecule has 0 saturated heterocycles. The average Bonchev–Trinajstić information content (AvgIpc) is 2.02. The van der Waals surface area contributed by atoms with Gasteiger partial charge in [0.25, 0.3) is 0 Å². The van der Waals surface area contributed by atoms with E-state index in [0.29, 0.717) is 0 Å². The van der Waals surface area contributed by atoms with Crippen LogP contribution in [0.1, 0.15) is 10.4 Å². The maximum Gasteiger partial charge on any atom is 0.337 e. The van der Waals surface area contributed by atoms with Crippen LogP contribution in [0.15, 0.2) is 18.2 Å². The molecule has 0 unspecified atom stereocenters. The Labute approximate surface area is 65.8 Å². The first-order chi connectivity index (χ1) is 6.04. The average molecular weight is 155 g/mol. The molecule has 0 bridgehead atoms. The third kappa shape index (κ3) is 1.24. The van der Waals surface area contributed by atoms with Gasteiger partial charge in [0.15, 0.2) is 2.82 Å². The van der Waals surface area contributed by atoms with Gasteiger partial charge < -0.3 is 15.9 Å². The Bertz CT molecular complexity index is 341. The monoisotopic (exact) mass is 155 g/mol. The lowest BCUT2D eigenvalue weighted by atomic mass is 10.2. The van der Waals surface area contributed by atoms with Gasteiger partial charge in [-0.05, 0) is 12.1 Å². The first-order valence-corrected chi connectivity index (χ1v) is 2.87. The molecule has 4 nitrogen and oxygen atoms in total. The molecule has 0 amide bonds. The highest BCUT2D eigenvalue weighted by molar-refractivity contribution is 5.95. The number of hydrogen-bond acceptors (Lipinski definition) is 3. The number of aromatic hydroxyl groups is 1. The number of rotatable bonds is 2. The smallest absolute Gasteiger partial charge is 0.337 e. The molecule has 0 atom stereocenters. The third-order valence-electron chi connectivity index (χ3n) is 1.25. The van der Waals surface area contributed by atoms with Crippen LogP contribution in [0.4, 0.5) is 5.69 Å². The molecule has 0 aromatic heterocycles. The summed E-state index contributed by atoms with van der Waals surface area (Å²) >= 11 is 0. The Balaban J connectivity index is 3.34. The maximum absolute atomic E-state index is 10.6. The van der Waals surface area contributed by atoms with Gasteiger partial charge in [0, 0.05) is 0 Å². The molecule has 1 rings (SSSR count). The predicted molar refractivity (Wildman–Crippen MR) is 39.5 cm³/mol. The molecule has 0 heterocycles. The summed E-state index contributed by atoms with van der Waals surface area (Å²) in [5.74, 6) is -1.68. The summed E-state index contributed by atoms with van der Waals surface area (Å²) in [6.07, 6.45) is 0. The third-order valence-corrected chi connectivity index (χ3v) is 1.25. The largest absolute Gasteiger partial charge is 0.506 e. The molecule has 0 saturated carbocycles. The van der Waals surface area contributed by atoms with E-state index in [9.17, 15) is 4.79 Å². The van der Waals surface area contributed by atoms with Crippen LogP contribution in [0.3, 0.4) is 0 Å². The summed E-state index contributed by atoms with van der Waals surface area (Å²) in [7, 11) is 0. The Morgan fingerprint density at radius 3 is 2.82 bits per heavy atom. The molecule has 4 heteroatoms. The normalized spacial score (nSPS) is 11.6. The predicted octanol–water partition coefficient (Wildman–Crippen LogP) is 0.673. The fourth-order valence-corrected chi connectivity index (χ4v) is 0.704. The summed E-state index contributed by atoms with van der Waals surface area (Å²) in [6.45, 7) is 0. The molecular formula is C7H7NO3. The zero-order valence-electron chi connectivity index (χ0n) is 7.48. The van der Waals surface area contributed by atoms with Crippen LogP contribution in [-0.2, 0) is 0 Å². The number of phenolic OH excluding ortho intramolecular Hbond substituents is 1. The Morgan fingerprint density at radius 2 is 2.36 bits per heavy atom. The lowest BCUT2D eigenvalue weighted by Gasteiger charge is -2.00. The van der Waals surface area contributed by atoms with E-state index in [1.807, 2.05) is 0 Å². The van der Waals surface area contributed by atoms with Crippen LogP contribution in [0.2, 0.25) is 2.82 Å². The fourth-order valence-electron chi connectivity index (χ4n) is 0.704. The molecular weight excluding hydrogens is 146 g/mol. The molecule has 0 fully saturated rings. The van der Waals surface area contributed by atoms with Crippen molar-refractivity contribution in [2.45, 2.75) is 0 Å². The summed E-state index contributed by atoms with van der Waals surface area (Å²) in [4.78, 5) is 10.6. The Morgan fingerprint density at radius 1 is 1.64 bits per heavy atom. The molecule has 1 aromatic carbocycles. The summed E-state index contributed by atoms with van der Waals surface area (Å²) < 4.78 is 13.7. The van der Waals surface area contributed by atoms with E-state index in [4.69, 9.17) is 13.0 Å². The van der Waals surface area contributed by atoms with Crippen molar-refractivity contribution in [3.63, 3.8) is 0 Å². The minimum Gasteiger partial charge on any atom is -0.506 e. The number of nitrogens with two attached hydrogens (primary N) is 1. The maximum atomic E-state index is 10.6. The number of nitrogen functional groups attached to an aromatic ring is 1. The van der Waals surface area contributed by atoms with Crippen molar-refractivity contribution >= 4 is 11.7 Å². The highest BCUT2D eigenvalue weighted by atomic mass is 16.4. The van der Waals surface area contributed by atoms with Crippen LogP contribution < -0.4 is 5.72 Å². The van der Waals surface area contributed by atoms with Crippen LogP contribution in [-0.4, -0.2) is 16.2 Å². The number of anilines is 1. The van der Waals surface area contributed by atoms with Crippen LogP contribution >= 0.6 is 0 Å². The fraction of sp³-hybridized carbons (Fsp3) is 0. The molecule has 1 aromatic rings. The Hall–Kier alpha value is -1.71. The SMILES string of the molecule is [2H]N([2H])c1c(O)cccc1C(=O)O. The number of para-hydroxylation sites is 1. The number of carboxylic acid groups (broad SMARTS) is 1. The number of phenols is 1. The van der Waals surface area contributed by atoms with E-state index < -0.39 is 11.7 Å². The topological polar surface area (TPSA) is 83.5 Å². The van der Waals surface area contributed by atoms with E-state index in [2.05, 4.69) is 0 Å². The van der Waals surface area contributed by atoms with Crippen LogP contribution in [0.5, 0.6) is 5.75 Å². The minimum absolute atomic E-state index is 0.0682. The first kappa shape index (κ1) is 5.01. The number of carbonyl (C=O) groups is 1. The second-order valence-corrected chi connectivity index (χ2v) is 1.98. The zero-order valence-corrected chi connectivity index (χ0v) is 5.48. The molecule has 0 aliphatic carbocycles. The van der Waals surface area contributed by atoms with Gasteiger partial charge in [-0.2, -0.15) is 0 Å². The molecule has 0 radical (unpaired) electrons. The van der Waals surface area contributed by atoms with E-state index in [1.54, 1.807) is 0 Å². The number of aromatic carboxylic acids is 1. The molecule has 0 aliphatic heterocycles. The van der Waals surface area contributed by atoms with Gasteiger partial charge in [0.1, 0.15) is 5.75 Å². The van der Waals surface area contributed by atoms with Crippen LogP contribution in [0.25, 0.3) is 0 Å². The van der Waals surface area contributed by atoms with Gasteiger partial charge in [-0.25, -0.2) is 4.79 Å². The van der Waals surface area contributed by atoms with Gasteiger partial charge in [-0.15, -0.1) is 0 Å². The van der Waals surface area contributed by atoms with E-state index in [-0.39, 0.29) is 17.0 Å². The van der Waals surface area contributed by atoms with Crippen molar-refractivity contribution in [1.29, 1.82) is 0 Å². The minimum atomic E-state index is -1.28. The van der Waals surface area contributed by atoms with Crippen molar-refractivity contribution in [3.05, 3.63) is 23.8 Å². The van der Waals surface area contributed by atoms with E-state index >= 15 is 0 Å². The number of hydrogen-bond donors (Lipinski definition) is 3. The second-order valence-electron chi connectivity index (χ2n) is 1.98. The zero-order chi connectivity index (χ0) is 10.0. The van der Waals surface area contributed by atoms with Crippen LogP contribution in [0, 0.1) is 0 Å². The first-order valence-electron chi connectivity index (χ1n) is 3.76. The van der Waals surface area contributed by atoms with E-state index in [0.717, 1.165) is 0 Å². The highest BCUT2D eigenvalue weighted by Crippen LogP contribution is 2.22. The Kier molecular flexibility index (Phi) is 1.14. The molecule has 11 heavy (non-hydrogen) atoms. The quantitative estimate of drug-likeness (QED) is 0.433. The lowest BCUT2D eigenvalue weighted by Crippen LogP contribution is -2.01. The van der Waals surface area contributed by atoms with Crippen molar-refractivity contribution in [1.82, 2.24) is 0 Å². The molecule has 0 aliphatic rings. The van der Waals surface area contributed by atoms with Crippen molar-refractivity contribution in [2.24, 2.45) is 0 Å². The van der Waals surface area contributed by atoms with Gasteiger partial charge in [0.2, 0.25) is 0 Å². The van der Waals surface area contributed by atoms with Crippen molar-refractivity contribution in [2.75, 3.05) is 5.72 Å². The molecule has 0 spiro atoms. The van der Waals surface area contributed by atoms with Gasteiger partial charge in [-0.1, -0.05) is 6.07 Å².